The van der Waals surface area contributed by atoms with E-state index in [0.717, 1.165) is 24.3 Å². The summed E-state index contributed by atoms with van der Waals surface area (Å²) in [5.74, 6) is 3.16. The molecule has 1 aromatic rings. The number of fused-ring (bicyclic) bond motifs is 2. The summed E-state index contributed by atoms with van der Waals surface area (Å²) in [5.41, 5.74) is 1.17. The lowest BCUT2D eigenvalue weighted by Crippen LogP contribution is -2.29. The van der Waals surface area contributed by atoms with Crippen LogP contribution in [0.3, 0.4) is 0 Å². The third-order valence-electron chi connectivity index (χ3n) is 5.56. The summed E-state index contributed by atoms with van der Waals surface area (Å²) in [5, 5.41) is 3.56. The van der Waals surface area contributed by atoms with Crippen LogP contribution in [-0.4, -0.2) is 12.6 Å². The largest absolute Gasteiger partial charge is 0.314 e. The van der Waals surface area contributed by atoms with Crippen LogP contribution in [0.25, 0.3) is 0 Å². The molecule has 0 aliphatic heterocycles. The van der Waals surface area contributed by atoms with Crippen LogP contribution in [0, 0.1) is 23.6 Å². The van der Waals surface area contributed by atoms with Crippen LogP contribution in [0.2, 0.25) is 0 Å². The zero-order valence-corrected chi connectivity index (χ0v) is 13.3. The van der Waals surface area contributed by atoms with Gasteiger partial charge in [0.05, 0.1) is 0 Å². The van der Waals surface area contributed by atoms with Gasteiger partial charge in [0, 0.05) is 12.6 Å². The second-order valence-electron chi connectivity index (χ2n) is 7.49. The maximum absolute atomic E-state index is 13.6. The molecule has 1 N–H and O–H groups in total. The van der Waals surface area contributed by atoms with Crippen molar-refractivity contribution in [3.63, 3.8) is 0 Å². The molecular weight excluding hydrogens is 261 g/mol. The minimum atomic E-state index is -0.102. The van der Waals surface area contributed by atoms with Gasteiger partial charge in [0.2, 0.25) is 0 Å². The zero-order chi connectivity index (χ0) is 14.8. The average molecular weight is 289 g/mol. The molecule has 0 aromatic heterocycles. The highest BCUT2D eigenvalue weighted by molar-refractivity contribution is 5.21. The third-order valence-corrected chi connectivity index (χ3v) is 5.56. The molecule has 1 aromatic carbocycles. The van der Waals surface area contributed by atoms with E-state index in [9.17, 15) is 4.39 Å². The van der Waals surface area contributed by atoms with Crippen LogP contribution in [0.1, 0.15) is 57.4 Å². The number of nitrogens with one attached hydrogen (secondary N) is 1. The fraction of sp³-hybridized carbons (Fsp3) is 0.684. The van der Waals surface area contributed by atoms with E-state index in [0.29, 0.717) is 12.0 Å². The van der Waals surface area contributed by atoms with E-state index in [4.69, 9.17) is 0 Å². The quantitative estimate of drug-likeness (QED) is 0.798. The zero-order valence-electron chi connectivity index (χ0n) is 13.3. The van der Waals surface area contributed by atoms with Crippen molar-refractivity contribution in [2.24, 2.45) is 17.8 Å². The molecule has 4 unspecified atom stereocenters. The first kappa shape index (κ1) is 15.0. The molecule has 0 amide bonds. The molecule has 0 saturated heterocycles. The van der Waals surface area contributed by atoms with E-state index in [1.807, 2.05) is 6.07 Å². The molecule has 0 radical (unpaired) electrons. The van der Waals surface area contributed by atoms with E-state index >= 15 is 0 Å². The summed E-state index contributed by atoms with van der Waals surface area (Å²) in [6, 6.07) is 7.73. The van der Waals surface area contributed by atoms with Gasteiger partial charge in [-0.2, -0.15) is 0 Å². The lowest BCUT2D eigenvalue weighted by molar-refractivity contribution is 0.289. The van der Waals surface area contributed by atoms with Crippen LogP contribution in [0.5, 0.6) is 0 Å². The highest BCUT2D eigenvalue weighted by Crippen LogP contribution is 2.51. The Bertz CT molecular complexity index is 470. The summed E-state index contributed by atoms with van der Waals surface area (Å²) in [4.78, 5) is 0. The van der Waals surface area contributed by atoms with Crippen LogP contribution >= 0.6 is 0 Å². The molecule has 2 heteroatoms. The van der Waals surface area contributed by atoms with Crippen molar-refractivity contribution in [2.45, 2.75) is 57.9 Å². The molecule has 0 spiro atoms. The number of hydrogen-bond acceptors (Lipinski definition) is 1. The van der Waals surface area contributed by atoms with Crippen molar-refractivity contribution in [2.75, 3.05) is 6.54 Å². The fourth-order valence-corrected chi connectivity index (χ4v) is 4.51. The van der Waals surface area contributed by atoms with Crippen LogP contribution in [0.15, 0.2) is 24.3 Å². The Morgan fingerprint density at radius 3 is 2.71 bits per heavy atom. The second-order valence-corrected chi connectivity index (χ2v) is 7.49. The molecule has 4 atom stereocenters. The molecule has 2 bridgehead atoms. The molecule has 2 fully saturated rings. The number of halogens is 1. The number of hydrogen-bond donors (Lipinski definition) is 1. The van der Waals surface area contributed by atoms with Gasteiger partial charge in [-0.25, -0.2) is 4.39 Å². The first-order chi connectivity index (χ1) is 10.1. The molecule has 1 nitrogen and oxygen atoms in total. The standard InChI is InChI=1S/C19H28FN/c1-13(2)21-12-18(15-4-3-5-19(20)11-15)10-17-9-14-6-7-16(17)8-14/h3-5,11,13-14,16-18,21H,6-10,12H2,1-2H3. The Morgan fingerprint density at radius 1 is 1.24 bits per heavy atom. The summed E-state index contributed by atoms with van der Waals surface area (Å²) < 4.78 is 13.6. The Balaban J connectivity index is 1.69. The summed E-state index contributed by atoms with van der Waals surface area (Å²) in [6.07, 6.45) is 6.99. The molecule has 116 valence electrons. The van der Waals surface area contributed by atoms with Gasteiger partial charge in [-0.05, 0) is 67.1 Å². The van der Waals surface area contributed by atoms with Crippen molar-refractivity contribution in [1.29, 1.82) is 0 Å². The van der Waals surface area contributed by atoms with E-state index in [2.05, 4.69) is 25.2 Å². The number of benzene rings is 1. The van der Waals surface area contributed by atoms with Gasteiger partial charge in [-0.15, -0.1) is 0 Å². The smallest absolute Gasteiger partial charge is 0.123 e. The summed E-state index contributed by atoms with van der Waals surface area (Å²) in [6.45, 7) is 5.33. The molecule has 2 saturated carbocycles. The van der Waals surface area contributed by atoms with E-state index < -0.39 is 0 Å². The topological polar surface area (TPSA) is 12.0 Å². The van der Waals surface area contributed by atoms with Gasteiger partial charge < -0.3 is 5.32 Å². The van der Waals surface area contributed by atoms with Gasteiger partial charge in [-0.3, -0.25) is 0 Å². The minimum Gasteiger partial charge on any atom is -0.314 e. The lowest BCUT2D eigenvalue weighted by atomic mass is 9.80. The summed E-state index contributed by atoms with van der Waals surface area (Å²) in [7, 11) is 0. The Kier molecular flexibility index (Phi) is 4.63. The van der Waals surface area contributed by atoms with Gasteiger partial charge in [0.1, 0.15) is 5.82 Å². The van der Waals surface area contributed by atoms with Gasteiger partial charge >= 0.3 is 0 Å². The van der Waals surface area contributed by atoms with E-state index in [1.54, 1.807) is 12.1 Å². The van der Waals surface area contributed by atoms with Crippen molar-refractivity contribution < 1.29 is 4.39 Å². The lowest BCUT2D eigenvalue weighted by Gasteiger charge is -2.28. The van der Waals surface area contributed by atoms with Crippen molar-refractivity contribution in [3.8, 4) is 0 Å². The first-order valence-electron chi connectivity index (χ1n) is 8.60. The molecule has 2 aliphatic rings. The Hall–Kier alpha value is -0.890. The Labute approximate surface area is 128 Å². The molecule has 21 heavy (non-hydrogen) atoms. The second kappa shape index (κ2) is 6.48. The molecule has 2 aliphatic carbocycles. The first-order valence-corrected chi connectivity index (χ1v) is 8.60. The monoisotopic (exact) mass is 289 g/mol. The fourth-order valence-electron chi connectivity index (χ4n) is 4.51. The van der Waals surface area contributed by atoms with Crippen LogP contribution < -0.4 is 5.32 Å². The molecule has 0 heterocycles. The van der Waals surface area contributed by atoms with Crippen LogP contribution in [-0.2, 0) is 0 Å². The average Bonchev–Trinajstić information content (AvgIpc) is 3.05. The minimum absolute atomic E-state index is 0.102. The SMILES string of the molecule is CC(C)NCC(CC1CC2CCC1C2)c1cccc(F)c1. The molecule has 3 rings (SSSR count). The van der Waals surface area contributed by atoms with Gasteiger partial charge in [0.15, 0.2) is 0 Å². The maximum atomic E-state index is 13.6. The highest BCUT2D eigenvalue weighted by atomic mass is 19.1. The predicted molar refractivity (Wildman–Crippen MR) is 85.8 cm³/mol. The maximum Gasteiger partial charge on any atom is 0.123 e. The third kappa shape index (κ3) is 3.66. The van der Waals surface area contributed by atoms with E-state index in [1.165, 1.54) is 37.7 Å². The molecular formula is C19H28FN. The Morgan fingerprint density at radius 2 is 2.10 bits per heavy atom. The normalized spacial score (nSPS) is 29.2. The highest BCUT2D eigenvalue weighted by Gasteiger charge is 2.40. The van der Waals surface area contributed by atoms with Crippen molar-refractivity contribution in [1.82, 2.24) is 5.32 Å². The number of rotatable bonds is 6. The van der Waals surface area contributed by atoms with Gasteiger partial charge in [-0.1, -0.05) is 32.4 Å². The van der Waals surface area contributed by atoms with E-state index in [-0.39, 0.29) is 5.82 Å². The predicted octanol–water partition coefficient (Wildman–Crippen LogP) is 4.73. The van der Waals surface area contributed by atoms with Crippen molar-refractivity contribution >= 4 is 0 Å². The van der Waals surface area contributed by atoms with Gasteiger partial charge in [0.25, 0.3) is 0 Å². The van der Waals surface area contributed by atoms with Crippen LogP contribution in [0.4, 0.5) is 4.39 Å². The van der Waals surface area contributed by atoms with Crippen molar-refractivity contribution in [3.05, 3.63) is 35.6 Å². The summed E-state index contributed by atoms with van der Waals surface area (Å²) >= 11 is 0.